The summed E-state index contributed by atoms with van der Waals surface area (Å²) in [5.74, 6) is -0.285. The lowest BCUT2D eigenvalue weighted by Gasteiger charge is -2.07. The van der Waals surface area contributed by atoms with Crippen LogP contribution in [0.4, 0.5) is 4.39 Å². The second-order valence-electron chi connectivity index (χ2n) is 3.22. The number of aliphatic hydroxyl groups is 1. The first-order valence-electron chi connectivity index (χ1n) is 4.42. The van der Waals surface area contributed by atoms with Crippen LogP contribution in [0.5, 0.6) is 0 Å². The van der Waals surface area contributed by atoms with E-state index < -0.39 is 6.10 Å². The van der Waals surface area contributed by atoms with Crippen LogP contribution < -0.4 is 5.32 Å². The largest absolute Gasteiger partial charge is 0.392 e. The summed E-state index contributed by atoms with van der Waals surface area (Å²) in [7, 11) is 0. The topological polar surface area (TPSA) is 32.3 Å². The Labute approximate surface area is 87.7 Å². The molecule has 14 heavy (non-hydrogen) atoms. The lowest BCUT2D eigenvalue weighted by Crippen LogP contribution is -2.24. The van der Waals surface area contributed by atoms with Gasteiger partial charge in [-0.05, 0) is 25.1 Å². The van der Waals surface area contributed by atoms with Crippen LogP contribution in [-0.4, -0.2) is 17.8 Å². The van der Waals surface area contributed by atoms with Crippen LogP contribution in [-0.2, 0) is 6.54 Å². The van der Waals surface area contributed by atoms with Gasteiger partial charge < -0.3 is 10.4 Å². The summed E-state index contributed by atoms with van der Waals surface area (Å²) in [6.45, 7) is 2.48. The Morgan fingerprint density at radius 2 is 2.29 bits per heavy atom. The predicted molar refractivity (Wildman–Crippen MR) is 54.8 cm³/mol. The van der Waals surface area contributed by atoms with Crippen LogP contribution >= 0.6 is 11.6 Å². The average molecular weight is 218 g/mol. The number of halogens is 2. The molecule has 0 fully saturated rings. The Kier molecular flexibility index (Phi) is 4.32. The third-order valence-electron chi connectivity index (χ3n) is 1.76. The molecular formula is C10H13ClFNO. The average Bonchev–Trinajstić information content (AvgIpc) is 2.10. The highest BCUT2D eigenvalue weighted by Crippen LogP contribution is 2.14. The molecular weight excluding hydrogens is 205 g/mol. The van der Waals surface area contributed by atoms with Gasteiger partial charge in [0, 0.05) is 23.7 Å². The molecule has 2 N–H and O–H groups in total. The molecule has 1 aromatic carbocycles. The van der Waals surface area contributed by atoms with Crippen LogP contribution in [0.3, 0.4) is 0 Å². The Morgan fingerprint density at radius 3 is 2.93 bits per heavy atom. The second-order valence-corrected chi connectivity index (χ2v) is 3.65. The molecule has 0 aromatic heterocycles. The molecule has 1 rings (SSSR count). The fraction of sp³-hybridized carbons (Fsp3) is 0.400. The van der Waals surface area contributed by atoms with Crippen molar-refractivity contribution >= 4 is 11.6 Å². The van der Waals surface area contributed by atoms with Crippen molar-refractivity contribution in [1.82, 2.24) is 5.32 Å². The van der Waals surface area contributed by atoms with Crippen molar-refractivity contribution in [3.8, 4) is 0 Å². The van der Waals surface area contributed by atoms with Gasteiger partial charge in [-0.3, -0.25) is 0 Å². The Hall–Kier alpha value is -0.640. The van der Waals surface area contributed by atoms with E-state index in [9.17, 15) is 4.39 Å². The molecule has 78 valence electrons. The first-order valence-corrected chi connectivity index (χ1v) is 4.80. The van der Waals surface area contributed by atoms with E-state index in [1.807, 2.05) is 0 Å². The highest BCUT2D eigenvalue weighted by Gasteiger charge is 2.02. The fourth-order valence-corrected chi connectivity index (χ4v) is 1.29. The van der Waals surface area contributed by atoms with Crippen molar-refractivity contribution in [2.24, 2.45) is 0 Å². The summed E-state index contributed by atoms with van der Waals surface area (Å²) in [4.78, 5) is 0. The lowest BCUT2D eigenvalue weighted by molar-refractivity contribution is 0.191. The van der Waals surface area contributed by atoms with Crippen molar-refractivity contribution < 1.29 is 9.50 Å². The van der Waals surface area contributed by atoms with Crippen LogP contribution in [0.1, 0.15) is 12.5 Å². The van der Waals surface area contributed by atoms with Gasteiger partial charge in [-0.25, -0.2) is 4.39 Å². The van der Waals surface area contributed by atoms with Crippen molar-refractivity contribution in [3.63, 3.8) is 0 Å². The van der Waals surface area contributed by atoms with Gasteiger partial charge in [0.05, 0.1) is 6.10 Å². The van der Waals surface area contributed by atoms with Crippen molar-refractivity contribution in [2.75, 3.05) is 6.54 Å². The molecule has 1 atom stereocenters. The molecule has 0 aliphatic rings. The summed E-state index contributed by atoms with van der Waals surface area (Å²) in [6.07, 6.45) is -0.433. The minimum Gasteiger partial charge on any atom is -0.392 e. The summed E-state index contributed by atoms with van der Waals surface area (Å²) < 4.78 is 13.1. The monoisotopic (exact) mass is 217 g/mol. The predicted octanol–water partition coefficient (Wildman–Crippen LogP) is 1.95. The van der Waals surface area contributed by atoms with E-state index in [1.54, 1.807) is 13.0 Å². The molecule has 4 heteroatoms. The third kappa shape index (κ3) is 3.62. The molecule has 0 amide bonds. The van der Waals surface area contributed by atoms with Crippen molar-refractivity contribution in [3.05, 3.63) is 34.6 Å². The zero-order valence-corrected chi connectivity index (χ0v) is 8.68. The minimum atomic E-state index is -0.433. The zero-order chi connectivity index (χ0) is 10.6. The normalized spacial score (nSPS) is 12.9. The minimum absolute atomic E-state index is 0.285. The number of hydrogen-bond donors (Lipinski definition) is 2. The van der Waals surface area contributed by atoms with Gasteiger partial charge in [-0.15, -0.1) is 0 Å². The highest BCUT2D eigenvalue weighted by molar-refractivity contribution is 6.30. The maximum atomic E-state index is 13.1. The number of nitrogens with one attached hydrogen (secondary N) is 1. The van der Waals surface area contributed by atoms with E-state index >= 15 is 0 Å². The van der Waals surface area contributed by atoms with Crippen molar-refractivity contribution in [1.29, 1.82) is 0 Å². The van der Waals surface area contributed by atoms with Gasteiger partial charge in [0.2, 0.25) is 0 Å². The van der Waals surface area contributed by atoms with E-state index in [0.29, 0.717) is 23.7 Å². The second kappa shape index (κ2) is 5.29. The van der Waals surface area contributed by atoms with Crippen molar-refractivity contribution in [2.45, 2.75) is 19.6 Å². The molecule has 0 aliphatic heterocycles. The molecule has 0 bridgehead atoms. The molecule has 2 nitrogen and oxygen atoms in total. The van der Waals surface area contributed by atoms with Crippen LogP contribution in [0, 0.1) is 5.82 Å². The number of benzene rings is 1. The first-order chi connectivity index (χ1) is 6.59. The van der Waals surface area contributed by atoms with Gasteiger partial charge in [0.1, 0.15) is 5.82 Å². The summed E-state index contributed by atoms with van der Waals surface area (Å²) in [5, 5.41) is 12.4. The van der Waals surface area contributed by atoms with Gasteiger partial charge in [-0.1, -0.05) is 11.6 Å². The summed E-state index contributed by atoms with van der Waals surface area (Å²) in [5.41, 5.74) is 0.512. The standard InChI is InChI=1S/C10H13ClFNO/c1-7(14)5-13-6-8-4-9(11)2-3-10(8)12/h2-4,7,13-14H,5-6H2,1H3/t7-/m0/s1. The van der Waals surface area contributed by atoms with Gasteiger partial charge in [0.15, 0.2) is 0 Å². The molecule has 0 saturated heterocycles. The Bertz CT molecular complexity index is 304. The van der Waals surface area contributed by atoms with E-state index in [4.69, 9.17) is 16.7 Å². The molecule has 0 unspecified atom stereocenters. The highest BCUT2D eigenvalue weighted by atomic mass is 35.5. The zero-order valence-electron chi connectivity index (χ0n) is 7.93. The van der Waals surface area contributed by atoms with E-state index in [0.717, 1.165) is 0 Å². The van der Waals surface area contributed by atoms with E-state index in [-0.39, 0.29) is 5.82 Å². The van der Waals surface area contributed by atoms with Crippen LogP contribution in [0.2, 0.25) is 5.02 Å². The third-order valence-corrected chi connectivity index (χ3v) is 2.00. The van der Waals surface area contributed by atoms with Gasteiger partial charge in [0.25, 0.3) is 0 Å². The van der Waals surface area contributed by atoms with Crippen LogP contribution in [0.25, 0.3) is 0 Å². The molecule has 0 heterocycles. The first kappa shape index (κ1) is 11.4. The maximum Gasteiger partial charge on any atom is 0.127 e. The molecule has 0 radical (unpaired) electrons. The van der Waals surface area contributed by atoms with E-state index in [1.165, 1.54) is 12.1 Å². The number of rotatable bonds is 4. The smallest absolute Gasteiger partial charge is 0.127 e. The molecule has 0 spiro atoms. The summed E-state index contributed by atoms with van der Waals surface area (Å²) in [6, 6.07) is 4.42. The maximum absolute atomic E-state index is 13.1. The summed E-state index contributed by atoms with van der Waals surface area (Å²) >= 11 is 5.71. The Morgan fingerprint density at radius 1 is 1.57 bits per heavy atom. The fourth-order valence-electron chi connectivity index (χ4n) is 1.09. The SMILES string of the molecule is C[C@H](O)CNCc1cc(Cl)ccc1F. The molecule has 0 saturated carbocycles. The van der Waals surface area contributed by atoms with Gasteiger partial charge >= 0.3 is 0 Å². The number of hydrogen-bond acceptors (Lipinski definition) is 2. The number of aliphatic hydroxyl groups excluding tert-OH is 1. The van der Waals surface area contributed by atoms with Gasteiger partial charge in [-0.2, -0.15) is 0 Å². The van der Waals surface area contributed by atoms with E-state index in [2.05, 4.69) is 5.32 Å². The van der Waals surface area contributed by atoms with Crippen LogP contribution in [0.15, 0.2) is 18.2 Å². The molecule has 0 aliphatic carbocycles. The lowest BCUT2D eigenvalue weighted by atomic mass is 10.2. The quantitative estimate of drug-likeness (QED) is 0.808. The Balaban J connectivity index is 2.53. The molecule has 1 aromatic rings.